The molecule has 0 unspecified atom stereocenters. The van der Waals surface area contributed by atoms with Crippen molar-refractivity contribution in [1.82, 2.24) is 24.6 Å². The molecule has 1 N–H and O–H groups in total. The van der Waals surface area contributed by atoms with Gasteiger partial charge < -0.3 is 9.88 Å². The largest absolute Gasteiger partial charge is 0.347 e. The first kappa shape index (κ1) is 14.1. The van der Waals surface area contributed by atoms with Crippen LogP contribution in [0.25, 0.3) is 5.69 Å². The van der Waals surface area contributed by atoms with Gasteiger partial charge in [0.05, 0.1) is 12.0 Å². The highest BCUT2D eigenvalue weighted by Gasteiger charge is 2.11. The second kappa shape index (κ2) is 5.85. The molecule has 22 heavy (non-hydrogen) atoms. The molecule has 112 valence electrons. The van der Waals surface area contributed by atoms with Crippen LogP contribution < -0.4 is 5.32 Å². The Kier molecular flexibility index (Phi) is 3.74. The Hall–Kier alpha value is -2.89. The number of imidazole rings is 1. The first-order valence-electron chi connectivity index (χ1n) is 6.99. The molecule has 0 fully saturated rings. The van der Waals surface area contributed by atoms with E-state index in [0.717, 1.165) is 16.9 Å². The quantitative estimate of drug-likeness (QED) is 0.799. The molecular weight excluding hydrogens is 278 g/mol. The van der Waals surface area contributed by atoms with Gasteiger partial charge in [0.1, 0.15) is 5.69 Å². The van der Waals surface area contributed by atoms with Gasteiger partial charge in [-0.3, -0.25) is 9.48 Å². The maximum Gasteiger partial charge on any atom is 0.269 e. The number of hydrogen-bond donors (Lipinski definition) is 1. The van der Waals surface area contributed by atoms with Crippen molar-refractivity contribution >= 4 is 5.91 Å². The normalized spacial score (nSPS) is 10.6. The molecule has 3 aromatic rings. The van der Waals surface area contributed by atoms with Crippen LogP contribution in [0.1, 0.15) is 21.7 Å². The topological polar surface area (TPSA) is 64.7 Å². The molecule has 6 heteroatoms. The Morgan fingerprint density at radius 1 is 1.27 bits per heavy atom. The zero-order chi connectivity index (χ0) is 15.5. The molecule has 2 heterocycles. The van der Waals surface area contributed by atoms with Gasteiger partial charge in [0, 0.05) is 31.7 Å². The van der Waals surface area contributed by atoms with Crippen LogP contribution >= 0.6 is 0 Å². The molecule has 2 aromatic heterocycles. The summed E-state index contributed by atoms with van der Waals surface area (Å²) in [5.74, 6) is -0.123. The first-order valence-corrected chi connectivity index (χ1v) is 6.99. The second-order valence-corrected chi connectivity index (χ2v) is 5.11. The number of carbonyl (C=O) groups excluding carboxylic acids is 1. The minimum Gasteiger partial charge on any atom is -0.347 e. The van der Waals surface area contributed by atoms with Crippen LogP contribution in [0.4, 0.5) is 0 Å². The maximum atomic E-state index is 12.1. The van der Waals surface area contributed by atoms with Crippen LogP contribution in [-0.4, -0.2) is 25.2 Å². The summed E-state index contributed by atoms with van der Waals surface area (Å²) in [6.07, 6.45) is 5.38. The van der Waals surface area contributed by atoms with Crippen LogP contribution in [0.3, 0.4) is 0 Å². The zero-order valence-electron chi connectivity index (χ0n) is 12.5. The minimum atomic E-state index is -0.123. The summed E-state index contributed by atoms with van der Waals surface area (Å²) in [7, 11) is 1.77. The average Bonchev–Trinajstić information content (AvgIpc) is 3.15. The number of benzene rings is 1. The molecule has 0 aliphatic heterocycles. The molecule has 0 saturated heterocycles. The van der Waals surface area contributed by atoms with Crippen LogP contribution in [0.15, 0.2) is 49.1 Å². The van der Waals surface area contributed by atoms with E-state index >= 15 is 0 Å². The highest BCUT2D eigenvalue weighted by atomic mass is 16.2. The van der Waals surface area contributed by atoms with Crippen molar-refractivity contribution in [3.8, 4) is 5.69 Å². The lowest BCUT2D eigenvalue weighted by Crippen LogP contribution is -2.25. The molecule has 3 rings (SSSR count). The molecular formula is C16H17N5O. The van der Waals surface area contributed by atoms with Crippen molar-refractivity contribution in [3.63, 3.8) is 0 Å². The van der Waals surface area contributed by atoms with E-state index in [2.05, 4.69) is 15.4 Å². The van der Waals surface area contributed by atoms with Gasteiger partial charge >= 0.3 is 0 Å². The average molecular weight is 295 g/mol. The summed E-state index contributed by atoms with van der Waals surface area (Å²) in [4.78, 5) is 16.1. The molecule has 0 saturated carbocycles. The molecule has 0 bridgehead atoms. The molecule has 1 aromatic carbocycles. The Morgan fingerprint density at radius 3 is 2.64 bits per heavy atom. The van der Waals surface area contributed by atoms with Crippen molar-refractivity contribution in [2.24, 2.45) is 7.05 Å². The Bertz CT molecular complexity index is 771. The molecule has 1 amide bonds. The number of carbonyl (C=O) groups is 1. The van der Waals surface area contributed by atoms with Gasteiger partial charge in [-0.25, -0.2) is 4.98 Å². The third-order valence-electron chi connectivity index (χ3n) is 3.43. The van der Waals surface area contributed by atoms with Crippen LogP contribution in [0.2, 0.25) is 0 Å². The summed E-state index contributed by atoms with van der Waals surface area (Å²) in [5.41, 5.74) is 3.47. The van der Waals surface area contributed by atoms with Crippen molar-refractivity contribution in [1.29, 1.82) is 0 Å². The Labute approximate surface area is 128 Å². The first-order chi connectivity index (χ1) is 10.6. The number of aryl methyl sites for hydroxylation is 2. The number of aromatic nitrogens is 4. The second-order valence-electron chi connectivity index (χ2n) is 5.11. The van der Waals surface area contributed by atoms with E-state index in [1.807, 2.05) is 42.0 Å². The zero-order valence-corrected chi connectivity index (χ0v) is 12.5. The number of nitrogens with zero attached hydrogens (tertiary/aromatic N) is 4. The minimum absolute atomic E-state index is 0.123. The van der Waals surface area contributed by atoms with Crippen LogP contribution in [0.5, 0.6) is 0 Å². The number of nitrogens with one attached hydrogen (secondary N) is 1. The molecule has 0 aliphatic rings. The van der Waals surface area contributed by atoms with E-state index in [-0.39, 0.29) is 5.91 Å². The highest BCUT2D eigenvalue weighted by molar-refractivity contribution is 5.92. The van der Waals surface area contributed by atoms with Crippen molar-refractivity contribution in [2.75, 3.05) is 0 Å². The van der Waals surface area contributed by atoms with Crippen molar-refractivity contribution in [2.45, 2.75) is 13.5 Å². The SMILES string of the molecule is Cc1cc(C(=O)NCc2ccc(-n3ccnc3)cc2)n(C)n1. The van der Waals surface area contributed by atoms with Gasteiger partial charge in [0.25, 0.3) is 5.91 Å². The van der Waals surface area contributed by atoms with E-state index in [4.69, 9.17) is 0 Å². The Balaban J connectivity index is 1.64. The fourth-order valence-electron chi connectivity index (χ4n) is 2.29. The monoisotopic (exact) mass is 295 g/mol. The molecule has 0 aliphatic carbocycles. The van der Waals surface area contributed by atoms with E-state index in [1.165, 1.54) is 0 Å². The van der Waals surface area contributed by atoms with Crippen LogP contribution in [0, 0.1) is 6.92 Å². The summed E-state index contributed by atoms with van der Waals surface area (Å²) >= 11 is 0. The fourth-order valence-corrected chi connectivity index (χ4v) is 2.29. The number of rotatable bonds is 4. The van der Waals surface area contributed by atoms with Crippen molar-refractivity contribution in [3.05, 3.63) is 66.0 Å². The molecule has 0 radical (unpaired) electrons. The van der Waals surface area contributed by atoms with Gasteiger partial charge in [-0.15, -0.1) is 0 Å². The lowest BCUT2D eigenvalue weighted by atomic mass is 10.2. The maximum absolute atomic E-state index is 12.1. The predicted molar refractivity (Wildman–Crippen MR) is 82.7 cm³/mol. The Morgan fingerprint density at radius 2 is 2.05 bits per heavy atom. The van der Waals surface area contributed by atoms with E-state index in [1.54, 1.807) is 30.3 Å². The number of hydrogen-bond acceptors (Lipinski definition) is 3. The summed E-state index contributed by atoms with van der Waals surface area (Å²) in [6.45, 7) is 2.35. The van der Waals surface area contributed by atoms with E-state index in [9.17, 15) is 4.79 Å². The van der Waals surface area contributed by atoms with Gasteiger partial charge in [-0.2, -0.15) is 5.10 Å². The predicted octanol–water partition coefficient (Wildman–Crippen LogP) is 1.84. The van der Waals surface area contributed by atoms with Gasteiger partial charge in [0.15, 0.2) is 0 Å². The third-order valence-corrected chi connectivity index (χ3v) is 3.43. The molecule has 0 atom stereocenters. The smallest absolute Gasteiger partial charge is 0.269 e. The number of amides is 1. The third kappa shape index (κ3) is 2.90. The molecule has 0 spiro atoms. The fraction of sp³-hybridized carbons (Fsp3) is 0.188. The summed E-state index contributed by atoms with van der Waals surface area (Å²) in [6, 6.07) is 9.75. The van der Waals surface area contributed by atoms with Gasteiger partial charge in [-0.05, 0) is 30.7 Å². The lowest BCUT2D eigenvalue weighted by molar-refractivity contribution is 0.0941. The summed E-state index contributed by atoms with van der Waals surface area (Å²) < 4.78 is 3.52. The van der Waals surface area contributed by atoms with Crippen molar-refractivity contribution < 1.29 is 4.79 Å². The van der Waals surface area contributed by atoms with E-state index in [0.29, 0.717) is 12.2 Å². The lowest BCUT2D eigenvalue weighted by Gasteiger charge is -2.07. The van der Waals surface area contributed by atoms with E-state index < -0.39 is 0 Å². The molecule has 6 nitrogen and oxygen atoms in total. The summed E-state index contributed by atoms with van der Waals surface area (Å²) in [5, 5.41) is 7.08. The highest BCUT2D eigenvalue weighted by Crippen LogP contribution is 2.09. The standard InChI is InChI=1S/C16H17N5O/c1-12-9-15(20(2)19-12)16(22)18-10-13-3-5-14(6-4-13)21-8-7-17-11-21/h3-9,11H,10H2,1-2H3,(H,18,22). The van der Waals surface area contributed by atoms with Crippen LogP contribution in [-0.2, 0) is 13.6 Å². The van der Waals surface area contributed by atoms with Gasteiger partial charge in [0.2, 0.25) is 0 Å². The van der Waals surface area contributed by atoms with Gasteiger partial charge in [-0.1, -0.05) is 12.1 Å².